The van der Waals surface area contributed by atoms with Gasteiger partial charge in [-0.05, 0) is 36.8 Å². The van der Waals surface area contributed by atoms with Gasteiger partial charge in [-0.15, -0.1) is 0 Å². The molecule has 32 heavy (non-hydrogen) atoms. The Morgan fingerprint density at radius 2 is 1.72 bits per heavy atom. The second kappa shape index (κ2) is 6.84. The molecule has 160 valence electrons. The minimum atomic E-state index is -1.04. The summed E-state index contributed by atoms with van der Waals surface area (Å²) in [6.07, 6.45) is 0. The van der Waals surface area contributed by atoms with Crippen LogP contribution in [0.1, 0.15) is 30.0 Å². The van der Waals surface area contributed by atoms with Gasteiger partial charge in [0.2, 0.25) is 0 Å². The van der Waals surface area contributed by atoms with Crippen LogP contribution in [0, 0.1) is 5.92 Å². The van der Waals surface area contributed by atoms with Gasteiger partial charge < -0.3 is 9.64 Å². The first-order valence-electron chi connectivity index (χ1n) is 10.7. The van der Waals surface area contributed by atoms with Crippen molar-refractivity contribution in [1.29, 1.82) is 0 Å². The molecule has 3 aliphatic rings. The van der Waals surface area contributed by atoms with Crippen LogP contribution < -0.4 is 9.64 Å². The van der Waals surface area contributed by atoms with E-state index in [-0.39, 0.29) is 29.8 Å². The van der Waals surface area contributed by atoms with Gasteiger partial charge in [-0.2, -0.15) is 0 Å². The molecule has 0 aromatic heterocycles. The van der Waals surface area contributed by atoms with Crippen molar-refractivity contribution in [2.75, 3.05) is 11.5 Å². The van der Waals surface area contributed by atoms with E-state index >= 15 is 0 Å². The molecule has 5 nitrogen and oxygen atoms in total. The van der Waals surface area contributed by atoms with Gasteiger partial charge in [0, 0.05) is 22.4 Å². The Kier molecular flexibility index (Phi) is 4.14. The number of ether oxygens (including phenoxy) is 1. The molecule has 3 aromatic carbocycles. The van der Waals surface area contributed by atoms with Crippen LogP contribution in [-0.2, 0) is 4.79 Å². The number of nitrogens with zero attached hydrogens (tertiary/aromatic N) is 2. The molecule has 6 heteroatoms. The normalized spacial score (nSPS) is 28.2. The van der Waals surface area contributed by atoms with E-state index in [2.05, 4.69) is 0 Å². The maximum atomic E-state index is 14.0. The molecule has 0 aliphatic carbocycles. The van der Waals surface area contributed by atoms with Gasteiger partial charge in [0.05, 0.1) is 18.3 Å². The van der Waals surface area contributed by atoms with Crippen LogP contribution in [-0.4, -0.2) is 29.0 Å². The van der Waals surface area contributed by atoms with Crippen molar-refractivity contribution in [3.63, 3.8) is 0 Å². The number of imide groups is 1. The Morgan fingerprint density at radius 3 is 2.50 bits per heavy atom. The molecule has 0 N–H and O–H groups in total. The Balaban J connectivity index is 1.57. The van der Waals surface area contributed by atoms with Gasteiger partial charge in [0.1, 0.15) is 11.3 Å². The molecule has 0 saturated carbocycles. The molecule has 2 fully saturated rings. The second-order valence-corrected chi connectivity index (χ2v) is 9.20. The Hall–Kier alpha value is -3.31. The van der Waals surface area contributed by atoms with Crippen molar-refractivity contribution in [3.05, 3.63) is 95.0 Å². The molecule has 4 atom stereocenters. The maximum Gasteiger partial charge on any atom is 0.332 e. The third-order valence-electron chi connectivity index (χ3n) is 7.15. The highest BCUT2D eigenvalue weighted by molar-refractivity contribution is 6.31. The van der Waals surface area contributed by atoms with E-state index in [1.54, 1.807) is 29.2 Å². The second-order valence-electron chi connectivity index (χ2n) is 8.77. The first kappa shape index (κ1) is 19.4. The van der Waals surface area contributed by atoms with E-state index < -0.39 is 5.54 Å². The van der Waals surface area contributed by atoms with Crippen molar-refractivity contribution >= 4 is 29.2 Å². The van der Waals surface area contributed by atoms with Crippen molar-refractivity contribution in [2.45, 2.75) is 24.4 Å². The molecular formula is C26H21ClN2O3. The minimum Gasteiger partial charge on any atom is -0.493 e. The number of hydrogen-bond donors (Lipinski definition) is 0. The maximum absolute atomic E-state index is 14.0. The fourth-order valence-corrected chi connectivity index (χ4v) is 6.06. The highest BCUT2D eigenvalue weighted by atomic mass is 35.5. The van der Waals surface area contributed by atoms with Crippen LogP contribution in [0.15, 0.2) is 78.9 Å². The van der Waals surface area contributed by atoms with E-state index in [0.29, 0.717) is 17.3 Å². The first-order chi connectivity index (χ1) is 15.5. The number of anilines is 1. The van der Waals surface area contributed by atoms with Crippen LogP contribution in [0.2, 0.25) is 5.02 Å². The Labute approximate surface area is 191 Å². The lowest BCUT2D eigenvalue weighted by Gasteiger charge is -2.34. The molecular weight excluding hydrogens is 424 g/mol. The van der Waals surface area contributed by atoms with E-state index in [1.807, 2.05) is 61.5 Å². The zero-order valence-corrected chi connectivity index (χ0v) is 18.2. The number of carbonyl (C=O) groups is 2. The average Bonchev–Trinajstić information content (AvgIpc) is 3.19. The fourth-order valence-electron chi connectivity index (χ4n) is 5.88. The standard InChI is InChI=1S/C26H21ClN2O3/c1-26-22(16-8-3-2-4-9-16)20-15-32-21-13-6-5-12-19(21)23(20)29(26)25(31)28(24(26)30)18-11-7-10-17(27)14-18/h2-14,20,22-23H,15H2,1H3/t20-,22-,23+,26+/m1/s1. The number of rotatable bonds is 2. The fraction of sp³-hybridized carbons (Fsp3) is 0.231. The quantitative estimate of drug-likeness (QED) is 0.496. The first-order valence-corrected chi connectivity index (χ1v) is 11.1. The number of urea groups is 1. The topological polar surface area (TPSA) is 49.9 Å². The summed E-state index contributed by atoms with van der Waals surface area (Å²) in [7, 11) is 0. The summed E-state index contributed by atoms with van der Waals surface area (Å²) >= 11 is 6.20. The van der Waals surface area contributed by atoms with Crippen molar-refractivity contribution in [2.24, 2.45) is 5.92 Å². The molecule has 0 spiro atoms. The lowest BCUT2D eigenvalue weighted by Crippen LogP contribution is -2.46. The number of carbonyl (C=O) groups excluding carboxylic acids is 2. The molecule has 2 saturated heterocycles. The van der Waals surface area contributed by atoms with Crippen molar-refractivity contribution < 1.29 is 14.3 Å². The third kappa shape index (κ3) is 2.46. The van der Waals surface area contributed by atoms with Crippen LogP contribution in [0.5, 0.6) is 5.75 Å². The number of amides is 3. The van der Waals surface area contributed by atoms with Gasteiger partial charge in [0.25, 0.3) is 5.91 Å². The predicted molar refractivity (Wildman–Crippen MR) is 122 cm³/mol. The predicted octanol–water partition coefficient (Wildman–Crippen LogP) is 5.41. The van der Waals surface area contributed by atoms with E-state index in [1.165, 1.54) is 4.90 Å². The van der Waals surface area contributed by atoms with Gasteiger partial charge in [0.15, 0.2) is 0 Å². The van der Waals surface area contributed by atoms with Gasteiger partial charge in [-0.1, -0.05) is 66.2 Å². The summed E-state index contributed by atoms with van der Waals surface area (Å²) in [5.41, 5.74) is 1.43. The van der Waals surface area contributed by atoms with Gasteiger partial charge in [-0.25, -0.2) is 9.69 Å². The Morgan fingerprint density at radius 1 is 0.969 bits per heavy atom. The number of halogens is 1. The van der Waals surface area contributed by atoms with Crippen LogP contribution in [0.4, 0.5) is 10.5 Å². The molecule has 6 rings (SSSR count). The smallest absolute Gasteiger partial charge is 0.332 e. The number of fused-ring (bicyclic) bond motifs is 5. The summed E-state index contributed by atoms with van der Waals surface area (Å²) in [5, 5.41) is 0.481. The summed E-state index contributed by atoms with van der Waals surface area (Å²) in [4.78, 5) is 31.0. The molecule has 3 heterocycles. The van der Waals surface area contributed by atoms with Crippen molar-refractivity contribution in [3.8, 4) is 5.75 Å². The highest BCUT2D eigenvalue weighted by Gasteiger charge is 2.70. The summed E-state index contributed by atoms with van der Waals surface area (Å²) in [6.45, 7) is 2.35. The van der Waals surface area contributed by atoms with Gasteiger partial charge >= 0.3 is 6.03 Å². The summed E-state index contributed by atoms with van der Waals surface area (Å²) in [6, 6.07) is 24.1. The molecule has 0 bridgehead atoms. The largest absolute Gasteiger partial charge is 0.493 e. The molecule has 3 aliphatic heterocycles. The van der Waals surface area contributed by atoms with E-state index in [9.17, 15) is 9.59 Å². The lowest BCUT2D eigenvalue weighted by molar-refractivity contribution is -0.124. The van der Waals surface area contributed by atoms with Gasteiger partial charge in [-0.3, -0.25) is 4.79 Å². The summed E-state index contributed by atoms with van der Waals surface area (Å²) in [5.74, 6) is 0.297. The molecule has 3 amide bonds. The monoisotopic (exact) mass is 444 g/mol. The average molecular weight is 445 g/mol. The molecule has 3 aromatic rings. The Bertz CT molecular complexity index is 1250. The number of benzene rings is 3. The van der Waals surface area contributed by atoms with E-state index in [4.69, 9.17) is 16.3 Å². The zero-order chi connectivity index (χ0) is 22.0. The third-order valence-corrected chi connectivity index (χ3v) is 7.38. The van der Waals surface area contributed by atoms with Crippen LogP contribution >= 0.6 is 11.6 Å². The lowest BCUT2D eigenvalue weighted by atomic mass is 9.73. The van der Waals surface area contributed by atoms with E-state index in [0.717, 1.165) is 16.9 Å². The molecule has 0 unspecified atom stereocenters. The van der Waals surface area contributed by atoms with Crippen molar-refractivity contribution in [1.82, 2.24) is 4.90 Å². The minimum absolute atomic E-state index is 0.0355. The number of hydrogen-bond acceptors (Lipinski definition) is 3. The summed E-state index contributed by atoms with van der Waals surface area (Å²) < 4.78 is 6.12. The highest BCUT2D eigenvalue weighted by Crippen LogP contribution is 2.61. The molecule has 0 radical (unpaired) electrons. The van der Waals surface area contributed by atoms with Crippen LogP contribution in [0.3, 0.4) is 0 Å². The SMILES string of the molecule is C[C@]12C(=O)N(c3cccc(Cl)c3)C(=O)N1[C@H]1c3ccccc3OC[C@@H]1[C@H]2c1ccccc1. The zero-order valence-electron chi connectivity index (χ0n) is 17.4. The van der Waals surface area contributed by atoms with Crippen LogP contribution in [0.25, 0.3) is 0 Å². The number of para-hydroxylation sites is 1.